The molecule has 1 aliphatic heterocycles. The number of rotatable bonds is 8. The van der Waals surface area contributed by atoms with Gasteiger partial charge in [0, 0.05) is 12.0 Å². The Kier molecular flexibility index (Phi) is 5.77. The summed E-state index contributed by atoms with van der Waals surface area (Å²) in [6.07, 6.45) is 4.96. The average Bonchev–Trinajstić information content (AvgIpc) is 3.55. The molecule has 0 spiro atoms. The van der Waals surface area contributed by atoms with Crippen LogP contribution in [0.2, 0.25) is 0 Å². The van der Waals surface area contributed by atoms with Crippen molar-refractivity contribution < 1.29 is 28.7 Å². The Labute approximate surface area is 197 Å². The largest absolute Gasteiger partial charge is 0.497 e. The monoisotopic (exact) mass is 459 g/mol. The summed E-state index contributed by atoms with van der Waals surface area (Å²) in [6.45, 7) is -0.493. The smallest absolute Gasteiger partial charge is 0.330 e. The normalized spacial score (nSPS) is 25.4. The topological polar surface area (TPSA) is 90.0 Å². The molecule has 5 rings (SSSR count). The number of carbonyl (C=O) groups excluding carboxylic acids is 4. The van der Waals surface area contributed by atoms with Crippen molar-refractivity contribution in [3.63, 3.8) is 0 Å². The lowest BCUT2D eigenvalue weighted by Gasteiger charge is -2.26. The Morgan fingerprint density at radius 3 is 2.29 bits per heavy atom. The first-order valence-electron chi connectivity index (χ1n) is 11.4. The number of carbonyl (C=O) groups is 4. The second kappa shape index (κ2) is 8.89. The molecule has 7 nitrogen and oxygen atoms in total. The predicted molar refractivity (Wildman–Crippen MR) is 122 cm³/mol. The molecule has 7 heteroatoms. The molecule has 2 aliphatic carbocycles. The molecule has 5 atom stereocenters. The summed E-state index contributed by atoms with van der Waals surface area (Å²) in [6, 6.07) is 14.6. The van der Waals surface area contributed by atoms with Crippen LogP contribution in [0.25, 0.3) is 0 Å². The molecule has 5 unspecified atom stereocenters. The van der Waals surface area contributed by atoms with E-state index < -0.39 is 36.2 Å². The SMILES string of the molecule is COc1cccc(C(=O)COC(=O)C(Cc2ccccc2)N2C(=O)C3C4C=CC(C4)C3C2=O)c1. The number of fused-ring (bicyclic) bond motifs is 5. The van der Waals surface area contributed by atoms with Crippen LogP contribution in [0.3, 0.4) is 0 Å². The molecule has 2 amide bonds. The number of likely N-dealkylation sites (tertiary alicyclic amines) is 1. The molecule has 0 aromatic heterocycles. The van der Waals surface area contributed by atoms with Gasteiger partial charge in [0.2, 0.25) is 11.8 Å². The number of allylic oxidation sites excluding steroid dienone is 2. The average molecular weight is 459 g/mol. The number of benzene rings is 2. The van der Waals surface area contributed by atoms with Gasteiger partial charge in [0.1, 0.15) is 11.8 Å². The van der Waals surface area contributed by atoms with Crippen LogP contribution in [-0.4, -0.2) is 48.2 Å². The van der Waals surface area contributed by atoms with Crippen LogP contribution in [-0.2, 0) is 25.5 Å². The molecule has 3 aliphatic rings. The van der Waals surface area contributed by atoms with Gasteiger partial charge in [0.15, 0.2) is 12.4 Å². The van der Waals surface area contributed by atoms with Gasteiger partial charge in [-0.05, 0) is 36.0 Å². The highest BCUT2D eigenvalue weighted by atomic mass is 16.5. The van der Waals surface area contributed by atoms with E-state index in [0.29, 0.717) is 11.3 Å². The molecule has 2 fully saturated rings. The molecular formula is C27H25NO6. The maximum Gasteiger partial charge on any atom is 0.330 e. The highest BCUT2D eigenvalue weighted by Gasteiger charge is 2.61. The Morgan fingerprint density at radius 1 is 0.971 bits per heavy atom. The molecule has 1 heterocycles. The second-order valence-corrected chi connectivity index (χ2v) is 9.01. The first-order valence-corrected chi connectivity index (χ1v) is 11.4. The molecule has 1 saturated heterocycles. The predicted octanol–water partition coefficient (Wildman–Crippen LogP) is 2.84. The third kappa shape index (κ3) is 3.81. The van der Waals surface area contributed by atoms with Gasteiger partial charge >= 0.3 is 5.97 Å². The van der Waals surface area contributed by atoms with Crippen molar-refractivity contribution in [1.82, 2.24) is 4.90 Å². The van der Waals surface area contributed by atoms with Gasteiger partial charge in [-0.3, -0.25) is 19.3 Å². The van der Waals surface area contributed by atoms with Crippen molar-refractivity contribution >= 4 is 23.6 Å². The third-order valence-electron chi connectivity index (χ3n) is 7.10. The lowest BCUT2D eigenvalue weighted by molar-refractivity contribution is -0.158. The molecular weight excluding hydrogens is 434 g/mol. The number of hydrogen-bond donors (Lipinski definition) is 0. The molecule has 174 valence electrons. The number of ketones is 1. The van der Waals surface area contributed by atoms with E-state index in [4.69, 9.17) is 9.47 Å². The summed E-state index contributed by atoms with van der Waals surface area (Å²) >= 11 is 0. The summed E-state index contributed by atoms with van der Waals surface area (Å²) in [5.41, 5.74) is 1.14. The standard InChI is InChI=1S/C27H25NO6/c1-33-20-9-5-8-17(14-20)22(29)15-34-27(32)21(12-16-6-3-2-4-7-16)28-25(30)23-18-10-11-19(13-18)24(23)26(28)31/h2-11,14,18-19,21,23-24H,12-13,15H2,1H3. The van der Waals surface area contributed by atoms with Crippen LogP contribution in [0, 0.1) is 23.7 Å². The number of methoxy groups -OCH3 is 1. The van der Waals surface area contributed by atoms with E-state index in [-0.39, 0.29) is 30.1 Å². The van der Waals surface area contributed by atoms with E-state index in [0.717, 1.165) is 16.9 Å². The van der Waals surface area contributed by atoms with Crippen LogP contribution in [0.4, 0.5) is 0 Å². The summed E-state index contributed by atoms with van der Waals surface area (Å²) in [5.74, 6) is -2.01. The van der Waals surface area contributed by atoms with E-state index >= 15 is 0 Å². The van der Waals surface area contributed by atoms with Crippen molar-refractivity contribution in [2.75, 3.05) is 13.7 Å². The number of esters is 1. The van der Waals surface area contributed by atoms with Crippen LogP contribution < -0.4 is 4.74 Å². The Balaban J connectivity index is 1.36. The minimum Gasteiger partial charge on any atom is -0.497 e. The Hall–Kier alpha value is -3.74. The van der Waals surface area contributed by atoms with Gasteiger partial charge < -0.3 is 9.47 Å². The zero-order valence-corrected chi connectivity index (χ0v) is 18.8. The summed E-state index contributed by atoms with van der Waals surface area (Å²) in [5, 5.41) is 0. The fourth-order valence-corrected chi connectivity index (χ4v) is 5.46. The zero-order valence-electron chi connectivity index (χ0n) is 18.8. The molecule has 34 heavy (non-hydrogen) atoms. The van der Waals surface area contributed by atoms with E-state index in [1.54, 1.807) is 24.3 Å². The fourth-order valence-electron chi connectivity index (χ4n) is 5.46. The van der Waals surface area contributed by atoms with E-state index in [1.165, 1.54) is 7.11 Å². The lowest BCUT2D eigenvalue weighted by Crippen LogP contribution is -2.48. The van der Waals surface area contributed by atoms with Crippen LogP contribution in [0.5, 0.6) is 5.75 Å². The number of ether oxygens (including phenoxy) is 2. The fraction of sp³-hybridized carbons (Fsp3) is 0.333. The number of amides is 2. The van der Waals surface area contributed by atoms with E-state index in [2.05, 4.69) is 0 Å². The maximum atomic E-state index is 13.3. The summed E-state index contributed by atoms with van der Waals surface area (Å²) in [4.78, 5) is 53.6. The first-order chi connectivity index (χ1) is 16.5. The molecule has 0 N–H and O–H groups in total. The highest BCUT2D eigenvalue weighted by molar-refractivity contribution is 6.09. The molecule has 2 bridgehead atoms. The van der Waals surface area contributed by atoms with Crippen molar-refractivity contribution in [2.45, 2.75) is 18.9 Å². The van der Waals surface area contributed by atoms with Gasteiger partial charge in [-0.25, -0.2) is 4.79 Å². The number of imide groups is 1. The minimum atomic E-state index is -1.12. The van der Waals surface area contributed by atoms with Gasteiger partial charge in [0.25, 0.3) is 0 Å². The van der Waals surface area contributed by atoms with Crippen LogP contribution in [0.1, 0.15) is 22.3 Å². The second-order valence-electron chi connectivity index (χ2n) is 9.01. The number of hydrogen-bond acceptors (Lipinski definition) is 6. The third-order valence-corrected chi connectivity index (χ3v) is 7.10. The molecule has 2 aromatic carbocycles. The summed E-state index contributed by atoms with van der Waals surface area (Å²) in [7, 11) is 1.50. The Bertz CT molecular complexity index is 1140. The first kappa shape index (κ1) is 22.1. The minimum absolute atomic E-state index is 0.0412. The lowest BCUT2D eigenvalue weighted by atomic mass is 9.85. The van der Waals surface area contributed by atoms with Gasteiger partial charge in [0.05, 0.1) is 18.9 Å². The van der Waals surface area contributed by atoms with Crippen molar-refractivity contribution in [2.24, 2.45) is 23.7 Å². The number of nitrogens with zero attached hydrogens (tertiary/aromatic N) is 1. The van der Waals surface area contributed by atoms with Crippen LogP contribution in [0.15, 0.2) is 66.7 Å². The molecule has 1 saturated carbocycles. The van der Waals surface area contributed by atoms with Crippen molar-refractivity contribution in [3.05, 3.63) is 77.9 Å². The van der Waals surface area contributed by atoms with Crippen LogP contribution >= 0.6 is 0 Å². The highest BCUT2D eigenvalue weighted by Crippen LogP contribution is 2.53. The summed E-state index contributed by atoms with van der Waals surface area (Å²) < 4.78 is 10.5. The van der Waals surface area contributed by atoms with E-state index in [1.807, 2.05) is 42.5 Å². The van der Waals surface area contributed by atoms with Gasteiger partial charge in [-0.2, -0.15) is 0 Å². The maximum absolute atomic E-state index is 13.3. The van der Waals surface area contributed by atoms with Crippen molar-refractivity contribution in [3.8, 4) is 5.75 Å². The quantitative estimate of drug-likeness (QED) is 0.261. The molecule has 0 radical (unpaired) electrons. The van der Waals surface area contributed by atoms with E-state index in [9.17, 15) is 19.2 Å². The molecule has 2 aromatic rings. The zero-order chi connectivity index (χ0) is 23.8. The van der Waals surface area contributed by atoms with Gasteiger partial charge in [-0.15, -0.1) is 0 Å². The van der Waals surface area contributed by atoms with Crippen molar-refractivity contribution in [1.29, 1.82) is 0 Å². The van der Waals surface area contributed by atoms with Gasteiger partial charge in [-0.1, -0.05) is 54.6 Å². The Morgan fingerprint density at radius 2 is 1.65 bits per heavy atom. The number of Topliss-reactive ketones (excluding diaryl/α,β-unsaturated/α-hetero) is 1.